The van der Waals surface area contributed by atoms with Crippen molar-refractivity contribution in [3.8, 4) is 0 Å². The second-order valence-electron chi connectivity index (χ2n) is 9.55. The molecule has 1 aliphatic heterocycles. The third-order valence-electron chi connectivity index (χ3n) is 5.47. The van der Waals surface area contributed by atoms with E-state index in [2.05, 4.69) is 15.7 Å². The van der Waals surface area contributed by atoms with Crippen LogP contribution in [-0.2, 0) is 14.3 Å². The van der Waals surface area contributed by atoms with Gasteiger partial charge in [0, 0.05) is 17.9 Å². The number of hydrogen-bond acceptors (Lipinski definition) is 5. The number of carbonyl (C=O) groups is 3. The number of amides is 3. The quantitative estimate of drug-likeness (QED) is 0.633. The number of benzene rings is 1. The van der Waals surface area contributed by atoms with E-state index in [-0.39, 0.29) is 16.8 Å². The Hall–Kier alpha value is -3.07. The lowest BCUT2D eigenvalue weighted by molar-refractivity contribution is -0.120. The molecular formula is C24H32ClN5O4. The van der Waals surface area contributed by atoms with Crippen LogP contribution in [0.2, 0.25) is 5.02 Å². The van der Waals surface area contributed by atoms with Crippen LogP contribution in [0.4, 0.5) is 16.2 Å². The summed E-state index contributed by atoms with van der Waals surface area (Å²) in [6, 6.07) is 5.61. The fourth-order valence-corrected chi connectivity index (χ4v) is 4.11. The van der Waals surface area contributed by atoms with Crippen molar-refractivity contribution in [2.45, 2.75) is 72.1 Å². The summed E-state index contributed by atoms with van der Waals surface area (Å²) in [6.45, 7) is 11.4. The van der Waals surface area contributed by atoms with E-state index in [0.29, 0.717) is 24.3 Å². The maximum Gasteiger partial charge on any atom is 0.410 e. The van der Waals surface area contributed by atoms with Crippen LogP contribution in [-0.4, -0.2) is 50.8 Å². The van der Waals surface area contributed by atoms with E-state index >= 15 is 0 Å². The Kier molecular flexibility index (Phi) is 7.55. The third kappa shape index (κ3) is 6.08. The van der Waals surface area contributed by atoms with Gasteiger partial charge in [0.05, 0.1) is 16.4 Å². The Labute approximate surface area is 204 Å². The molecule has 3 amide bonds. The lowest BCUT2D eigenvalue weighted by atomic mass is 10.2. The summed E-state index contributed by atoms with van der Waals surface area (Å²) in [7, 11) is 0. The average molecular weight is 490 g/mol. The molecule has 1 fully saturated rings. The summed E-state index contributed by atoms with van der Waals surface area (Å²) in [5.41, 5.74) is 1.98. The second kappa shape index (κ2) is 10.0. The molecule has 0 saturated carbocycles. The summed E-state index contributed by atoms with van der Waals surface area (Å²) < 4.78 is 7.08. The minimum absolute atomic E-state index is 0.260. The van der Waals surface area contributed by atoms with Crippen LogP contribution in [0.1, 0.15) is 58.0 Å². The van der Waals surface area contributed by atoms with Crippen molar-refractivity contribution in [1.29, 1.82) is 0 Å². The molecule has 1 saturated heterocycles. The molecule has 3 rings (SSSR count). The van der Waals surface area contributed by atoms with Gasteiger partial charge < -0.3 is 15.4 Å². The molecule has 2 unspecified atom stereocenters. The standard InChI is InChI=1S/C24H32ClN5O4/c1-14-12-15(2)30(28-14)16(3)21(31)27-19-10-9-17(13-18(19)25)26-22(32)20-8-7-11-29(20)23(33)34-24(4,5)6/h9-10,12-13,16,20H,7-8,11H2,1-6H3,(H,26,32)(H,27,31). The number of likely N-dealkylation sites (tertiary alicyclic amines) is 1. The number of nitrogens with zero attached hydrogens (tertiary/aromatic N) is 3. The van der Waals surface area contributed by atoms with E-state index in [9.17, 15) is 14.4 Å². The third-order valence-corrected chi connectivity index (χ3v) is 5.78. The lowest BCUT2D eigenvalue weighted by Gasteiger charge is -2.28. The molecule has 2 aromatic rings. The minimum atomic E-state index is -0.638. The Morgan fingerprint density at radius 1 is 1.18 bits per heavy atom. The van der Waals surface area contributed by atoms with Crippen LogP contribution in [0, 0.1) is 13.8 Å². The molecule has 9 nitrogen and oxygen atoms in total. The highest BCUT2D eigenvalue weighted by atomic mass is 35.5. The smallest absolute Gasteiger partial charge is 0.410 e. The van der Waals surface area contributed by atoms with Crippen LogP contribution in [0.5, 0.6) is 0 Å². The summed E-state index contributed by atoms with van der Waals surface area (Å²) in [6.07, 6.45) is 0.770. The zero-order chi connectivity index (χ0) is 25.2. The number of nitrogens with one attached hydrogen (secondary N) is 2. The minimum Gasteiger partial charge on any atom is -0.444 e. The number of rotatable bonds is 5. The number of halogens is 1. The highest BCUT2D eigenvalue weighted by molar-refractivity contribution is 6.34. The van der Waals surface area contributed by atoms with Gasteiger partial charge in [-0.05, 0) is 78.6 Å². The van der Waals surface area contributed by atoms with Gasteiger partial charge in [-0.3, -0.25) is 19.2 Å². The topological polar surface area (TPSA) is 106 Å². The van der Waals surface area contributed by atoms with Crippen molar-refractivity contribution < 1.29 is 19.1 Å². The molecular weight excluding hydrogens is 458 g/mol. The maximum atomic E-state index is 12.9. The van der Waals surface area contributed by atoms with Gasteiger partial charge in [0.1, 0.15) is 17.7 Å². The molecule has 2 N–H and O–H groups in total. The van der Waals surface area contributed by atoms with Gasteiger partial charge in [-0.25, -0.2) is 4.79 Å². The van der Waals surface area contributed by atoms with Crippen LogP contribution >= 0.6 is 11.6 Å². The molecule has 0 aliphatic carbocycles. The van der Waals surface area contributed by atoms with E-state index in [1.54, 1.807) is 50.6 Å². The average Bonchev–Trinajstić information content (AvgIpc) is 3.34. The molecule has 1 aromatic heterocycles. The highest BCUT2D eigenvalue weighted by Gasteiger charge is 2.36. The van der Waals surface area contributed by atoms with E-state index < -0.39 is 23.8 Å². The van der Waals surface area contributed by atoms with Crippen molar-refractivity contribution in [3.63, 3.8) is 0 Å². The lowest BCUT2D eigenvalue weighted by Crippen LogP contribution is -2.45. The Morgan fingerprint density at radius 3 is 2.47 bits per heavy atom. The SMILES string of the molecule is Cc1cc(C)n(C(C)C(=O)Nc2ccc(NC(=O)C3CCCN3C(=O)OC(C)(C)C)cc2Cl)n1. The second-order valence-corrected chi connectivity index (χ2v) is 9.96. The van der Waals surface area contributed by atoms with Gasteiger partial charge in [-0.2, -0.15) is 5.10 Å². The number of anilines is 2. The van der Waals surface area contributed by atoms with Crippen LogP contribution in [0.25, 0.3) is 0 Å². The van der Waals surface area contributed by atoms with Crippen LogP contribution in [0.15, 0.2) is 24.3 Å². The molecule has 2 atom stereocenters. The van der Waals surface area contributed by atoms with E-state index in [4.69, 9.17) is 16.3 Å². The van der Waals surface area contributed by atoms with Crippen molar-refractivity contribution in [2.24, 2.45) is 0 Å². The van der Waals surface area contributed by atoms with E-state index in [1.165, 1.54) is 4.90 Å². The predicted molar refractivity (Wildman–Crippen MR) is 131 cm³/mol. The van der Waals surface area contributed by atoms with Gasteiger partial charge in [-0.1, -0.05) is 11.6 Å². The zero-order valence-electron chi connectivity index (χ0n) is 20.4. The molecule has 1 aliphatic rings. The molecule has 184 valence electrons. The number of hydrogen-bond donors (Lipinski definition) is 2. The first-order valence-electron chi connectivity index (χ1n) is 11.3. The number of carbonyl (C=O) groups excluding carboxylic acids is 3. The van der Waals surface area contributed by atoms with Crippen LogP contribution in [0.3, 0.4) is 0 Å². The summed E-state index contributed by atoms with van der Waals surface area (Å²) in [5, 5.41) is 10.3. The molecule has 10 heteroatoms. The molecule has 2 heterocycles. The highest BCUT2D eigenvalue weighted by Crippen LogP contribution is 2.28. The normalized spacial score (nSPS) is 16.8. The van der Waals surface area contributed by atoms with E-state index in [0.717, 1.165) is 17.8 Å². The predicted octanol–water partition coefficient (Wildman–Crippen LogP) is 4.69. The molecule has 34 heavy (non-hydrogen) atoms. The molecule has 0 spiro atoms. The van der Waals surface area contributed by atoms with Gasteiger partial charge in [0.2, 0.25) is 11.8 Å². The first-order chi connectivity index (χ1) is 15.9. The Balaban J connectivity index is 1.64. The van der Waals surface area contributed by atoms with Crippen molar-refractivity contribution in [3.05, 3.63) is 40.7 Å². The summed E-state index contributed by atoms with van der Waals surface area (Å²) in [4.78, 5) is 39.5. The summed E-state index contributed by atoms with van der Waals surface area (Å²) in [5.74, 6) is -0.571. The number of ether oxygens (including phenoxy) is 1. The van der Waals surface area contributed by atoms with Crippen molar-refractivity contribution in [1.82, 2.24) is 14.7 Å². The van der Waals surface area contributed by atoms with Gasteiger partial charge >= 0.3 is 6.09 Å². The zero-order valence-corrected chi connectivity index (χ0v) is 21.2. The largest absolute Gasteiger partial charge is 0.444 e. The Bertz CT molecular complexity index is 1090. The van der Waals surface area contributed by atoms with Gasteiger partial charge in [0.15, 0.2) is 0 Å². The Morgan fingerprint density at radius 2 is 1.88 bits per heavy atom. The van der Waals surface area contributed by atoms with Crippen molar-refractivity contribution in [2.75, 3.05) is 17.2 Å². The summed E-state index contributed by atoms with van der Waals surface area (Å²) >= 11 is 6.38. The molecule has 0 bridgehead atoms. The van der Waals surface area contributed by atoms with Gasteiger partial charge in [-0.15, -0.1) is 0 Å². The van der Waals surface area contributed by atoms with E-state index in [1.807, 2.05) is 19.9 Å². The monoisotopic (exact) mass is 489 g/mol. The fraction of sp³-hybridized carbons (Fsp3) is 0.500. The van der Waals surface area contributed by atoms with Gasteiger partial charge in [0.25, 0.3) is 0 Å². The van der Waals surface area contributed by atoms with Crippen molar-refractivity contribution >= 4 is 40.9 Å². The first kappa shape index (κ1) is 25.6. The number of aryl methyl sites for hydroxylation is 2. The van der Waals surface area contributed by atoms with Crippen LogP contribution < -0.4 is 10.6 Å². The number of aromatic nitrogens is 2. The maximum absolute atomic E-state index is 12.9. The fourth-order valence-electron chi connectivity index (χ4n) is 3.88. The molecule has 1 aromatic carbocycles. The first-order valence-corrected chi connectivity index (χ1v) is 11.7. The molecule has 0 radical (unpaired) electrons.